The Morgan fingerprint density at radius 1 is 1.04 bits per heavy atom. The number of carbonyl (C=O) groups excluding carboxylic acids is 1. The Balaban J connectivity index is 1.49. The van der Waals surface area contributed by atoms with E-state index in [1.54, 1.807) is 24.4 Å². The van der Waals surface area contributed by atoms with E-state index in [0.29, 0.717) is 38.0 Å². The molecule has 8 nitrogen and oxygen atoms in total. The van der Waals surface area contributed by atoms with Crippen LogP contribution in [0.4, 0.5) is 13.6 Å². The highest BCUT2D eigenvalue weighted by atomic mass is 35.5. The van der Waals surface area contributed by atoms with Crippen molar-refractivity contribution in [3.63, 3.8) is 0 Å². The van der Waals surface area contributed by atoms with E-state index in [-0.39, 0.29) is 38.5 Å². The third-order valence-electron chi connectivity index (χ3n) is 8.39. The number of carboxylic acid groups (broad SMARTS) is 1. The molecule has 5 rings (SSSR count). The Kier molecular flexibility index (Phi) is 9.60. The lowest BCUT2D eigenvalue weighted by Crippen LogP contribution is -2.48. The molecule has 1 aliphatic carbocycles. The van der Waals surface area contributed by atoms with Crippen LogP contribution >= 0.6 is 22.9 Å². The van der Waals surface area contributed by atoms with E-state index in [4.69, 9.17) is 16.3 Å². The maximum Gasteiger partial charge on any atom is 0.407 e. The Hall–Kier alpha value is -3.83. The molecule has 2 aromatic heterocycles. The van der Waals surface area contributed by atoms with Gasteiger partial charge in [-0.05, 0) is 82.2 Å². The first-order valence-corrected chi connectivity index (χ1v) is 15.9. The highest BCUT2D eigenvalue weighted by Gasteiger charge is 2.35. The van der Waals surface area contributed by atoms with Crippen LogP contribution in [0.15, 0.2) is 49.1 Å². The van der Waals surface area contributed by atoms with Gasteiger partial charge in [-0.3, -0.25) is 4.79 Å². The predicted octanol–water partition coefficient (Wildman–Crippen LogP) is 8.28. The quantitative estimate of drug-likeness (QED) is 0.205. The summed E-state index contributed by atoms with van der Waals surface area (Å²) in [5, 5.41) is 9.60. The number of amides is 2. The molecule has 1 aliphatic rings. The molecule has 2 heterocycles. The molecule has 1 fully saturated rings. The SMILES string of the molecule is COc1ccc(-c2cncnc2)cc1CN(C(=O)c1sc2c(F)ccc(F)c2c1Cl)C1CCC(CN(C(=O)O)C(C)(C)C)CC1. The van der Waals surface area contributed by atoms with Crippen LogP contribution in [-0.2, 0) is 6.54 Å². The lowest BCUT2D eigenvalue weighted by molar-refractivity contribution is 0.0535. The number of ether oxygens (including phenoxy) is 1. The first-order valence-electron chi connectivity index (χ1n) is 14.7. The number of fused-ring (bicyclic) bond motifs is 1. The molecule has 1 saturated carbocycles. The average molecular weight is 657 g/mol. The summed E-state index contributed by atoms with van der Waals surface area (Å²) < 4.78 is 35.1. The predicted molar refractivity (Wildman–Crippen MR) is 171 cm³/mol. The van der Waals surface area contributed by atoms with Gasteiger partial charge < -0.3 is 19.6 Å². The van der Waals surface area contributed by atoms with E-state index in [9.17, 15) is 23.5 Å². The van der Waals surface area contributed by atoms with Crippen molar-refractivity contribution in [3.05, 3.63) is 76.2 Å². The van der Waals surface area contributed by atoms with Crippen LogP contribution in [0.3, 0.4) is 0 Å². The van der Waals surface area contributed by atoms with Crippen LogP contribution in [-0.4, -0.2) is 62.1 Å². The van der Waals surface area contributed by atoms with Crippen molar-refractivity contribution in [2.75, 3.05) is 13.7 Å². The number of nitrogens with zero attached hydrogens (tertiary/aromatic N) is 4. The molecule has 0 spiro atoms. The molecule has 2 amide bonds. The molecule has 45 heavy (non-hydrogen) atoms. The fourth-order valence-electron chi connectivity index (χ4n) is 5.98. The minimum Gasteiger partial charge on any atom is -0.496 e. The highest BCUT2D eigenvalue weighted by molar-refractivity contribution is 7.21. The van der Waals surface area contributed by atoms with Crippen LogP contribution in [0.2, 0.25) is 5.02 Å². The van der Waals surface area contributed by atoms with Gasteiger partial charge in [-0.2, -0.15) is 0 Å². The van der Waals surface area contributed by atoms with E-state index < -0.39 is 29.2 Å². The van der Waals surface area contributed by atoms with Crippen molar-refractivity contribution in [1.29, 1.82) is 0 Å². The zero-order valence-corrected chi connectivity index (χ0v) is 27.1. The number of carbonyl (C=O) groups is 2. The molecule has 0 saturated heterocycles. The third-order valence-corrected chi connectivity index (χ3v) is 10.1. The van der Waals surface area contributed by atoms with Gasteiger partial charge in [0.15, 0.2) is 0 Å². The second-order valence-electron chi connectivity index (χ2n) is 12.3. The molecule has 2 aromatic carbocycles. The summed E-state index contributed by atoms with van der Waals surface area (Å²) in [6.07, 6.45) is 6.52. The number of aromatic nitrogens is 2. The largest absolute Gasteiger partial charge is 0.496 e. The smallest absolute Gasteiger partial charge is 0.407 e. The number of hydrogen-bond acceptors (Lipinski definition) is 6. The minimum atomic E-state index is -0.962. The van der Waals surface area contributed by atoms with E-state index in [2.05, 4.69) is 9.97 Å². The van der Waals surface area contributed by atoms with Gasteiger partial charge in [0.25, 0.3) is 5.91 Å². The third kappa shape index (κ3) is 6.89. The highest BCUT2D eigenvalue weighted by Crippen LogP contribution is 2.41. The zero-order valence-electron chi connectivity index (χ0n) is 25.5. The zero-order chi connectivity index (χ0) is 32.5. The summed E-state index contributed by atoms with van der Waals surface area (Å²) in [4.78, 5) is 37.8. The molecule has 4 aromatic rings. The summed E-state index contributed by atoms with van der Waals surface area (Å²) in [5.41, 5.74) is 1.81. The van der Waals surface area contributed by atoms with Gasteiger partial charge >= 0.3 is 6.09 Å². The molecule has 238 valence electrons. The maximum absolute atomic E-state index is 14.8. The number of benzene rings is 2. The summed E-state index contributed by atoms with van der Waals surface area (Å²) >= 11 is 7.43. The van der Waals surface area contributed by atoms with Crippen LogP contribution in [0, 0.1) is 17.6 Å². The van der Waals surface area contributed by atoms with Gasteiger partial charge in [-0.1, -0.05) is 17.7 Å². The number of hydrogen-bond donors (Lipinski definition) is 1. The Morgan fingerprint density at radius 2 is 1.71 bits per heavy atom. The molecule has 0 unspecified atom stereocenters. The minimum absolute atomic E-state index is 0.00777. The maximum atomic E-state index is 14.8. The van der Waals surface area contributed by atoms with Crippen molar-refractivity contribution < 1.29 is 28.2 Å². The van der Waals surface area contributed by atoms with Gasteiger partial charge in [-0.25, -0.2) is 23.5 Å². The lowest BCUT2D eigenvalue weighted by atomic mass is 9.84. The Labute approximate surface area is 269 Å². The molecule has 0 bridgehead atoms. The first kappa shape index (κ1) is 32.6. The van der Waals surface area contributed by atoms with Gasteiger partial charge in [0, 0.05) is 48.2 Å². The first-order chi connectivity index (χ1) is 21.4. The number of methoxy groups -OCH3 is 1. The standard InChI is InChI=1S/C33H35ClF2N4O4S/c1-33(2,3)40(32(42)43)16-19-5-8-23(9-6-19)39(31(41)30-28(34)27-24(35)10-11-25(36)29(27)45-30)17-21-13-20(7-12-26(21)44-4)22-14-37-18-38-15-22/h7,10-15,18-19,23H,5-6,8-9,16-17H2,1-4H3,(H,42,43). The van der Waals surface area contributed by atoms with E-state index in [1.165, 1.54) is 11.2 Å². The molecule has 0 atom stereocenters. The lowest BCUT2D eigenvalue weighted by Gasteiger charge is -2.40. The normalized spacial score (nSPS) is 16.9. The summed E-state index contributed by atoms with van der Waals surface area (Å²) in [7, 11) is 1.55. The second-order valence-corrected chi connectivity index (χ2v) is 13.7. The van der Waals surface area contributed by atoms with E-state index >= 15 is 0 Å². The van der Waals surface area contributed by atoms with Crippen LogP contribution < -0.4 is 4.74 Å². The van der Waals surface area contributed by atoms with Crippen molar-refractivity contribution in [3.8, 4) is 16.9 Å². The molecular formula is C33H35ClF2N4O4S. The molecular weight excluding hydrogens is 622 g/mol. The number of rotatable bonds is 8. The Bertz CT molecular complexity index is 1700. The Morgan fingerprint density at radius 3 is 2.31 bits per heavy atom. The van der Waals surface area contributed by atoms with Crippen molar-refractivity contribution >= 4 is 45.0 Å². The van der Waals surface area contributed by atoms with Crippen molar-refractivity contribution in [2.45, 2.75) is 64.6 Å². The van der Waals surface area contributed by atoms with E-state index in [1.807, 2.05) is 39.0 Å². The van der Waals surface area contributed by atoms with Gasteiger partial charge in [-0.15, -0.1) is 11.3 Å². The number of halogens is 3. The number of thiophene rings is 1. The summed E-state index contributed by atoms with van der Waals surface area (Å²) in [6, 6.07) is 7.43. The van der Waals surface area contributed by atoms with Crippen LogP contribution in [0.5, 0.6) is 5.75 Å². The molecule has 1 N–H and O–H groups in total. The van der Waals surface area contributed by atoms with Crippen LogP contribution in [0.25, 0.3) is 21.2 Å². The molecule has 0 radical (unpaired) electrons. The van der Waals surface area contributed by atoms with Crippen LogP contribution in [0.1, 0.15) is 61.7 Å². The fraction of sp³-hybridized carbons (Fsp3) is 0.394. The molecule has 0 aliphatic heterocycles. The fourth-order valence-corrected chi connectivity index (χ4v) is 7.49. The van der Waals surface area contributed by atoms with Gasteiger partial charge in [0.1, 0.15) is 28.6 Å². The second kappa shape index (κ2) is 13.3. The van der Waals surface area contributed by atoms with E-state index in [0.717, 1.165) is 40.2 Å². The molecule has 12 heteroatoms. The average Bonchev–Trinajstić information content (AvgIpc) is 3.38. The van der Waals surface area contributed by atoms with Gasteiger partial charge in [0.2, 0.25) is 0 Å². The topological polar surface area (TPSA) is 95.9 Å². The summed E-state index contributed by atoms with van der Waals surface area (Å²) in [5.74, 6) is -1.07. The monoisotopic (exact) mass is 656 g/mol. The van der Waals surface area contributed by atoms with Crippen molar-refractivity contribution in [1.82, 2.24) is 19.8 Å². The van der Waals surface area contributed by atoms with Crippen molar-refractivity contribution in [2.24, 2.45) is 5.92 Å². The summed E-state index contributed by atoms with van der Waals surface area (Å²) in [6.45, 7) is 6.16. The van der Waals surface area contributed by atoms with Gasteiger partial charge in [0.05, 0.1) is 22.2 Å².